The summed E-state index contributed by atoms with van der Waals surface area (Å²) in [5.41, 5.74) is 25.5. The van der Waals surface area contributed by atoms with Gasteiger partial charge in [0.05, 0.1) is 11.3 Å². The molecule has 0 atom stereocenters. The molecule has 12 rings (SSSR count). The summed E-state index contributed by atoms with van der Waals surface area (Å²) in [7, 11) is 0. The standard InChI is InChI=1S/C59H59BN2O/c1-34-29-48-51-49(30-34)62(37-23-25-41-39-18-14-16-20-43(39)59(11,12)45(41)33-37)52-50-53(57(7,8)28-27-56(50,5)6)63-54(52)60(51)46-31-35(55(2,3)4)21-26-47(46)61(48)36-22-24-40-38-17-13-15-19-42(38)58(9,10)44(40)32-36/h13-26,29-33H,27-28H2,1-12H3. The number of hydrogen-bond acceptors (Lipinski definition) is 3. The zero-order valence-corrected chi connectivity index (χ0v) is 39.3. The molecule has 0 saturated carbocycles. The summed E-state index contributed by atoms with van der Waals surface area (Å²) < 4.78 is 7.68. The van der Waals surface area contributed by atoms with Gasteiger partial charge in [0.2, 0.25) is 0 Å². The molecule has 0 amide bonds. The van der Waals surface area contributed by atoms with Crippen molar-refractivity contribution in [3.63, 3.8) is 0 Å². The topological polar surface area (TPSA) is 19.6 Å². The number of aryl methyl sites for hydroxylation is 1. The first-order chi connectivity index (χ1) is 29.8. The Balaban J connectivity index is 1.17. The predicted molar refractivity (Wildman–Crippen MR) is 267 cm³/mol. The van der Waals surface area contributed by atoms with Crippen LogP contribution in [0.1, 0.15) is 134 Å². The van der Waals surface area contributed by atoms with Gasteiger partial charge >= 0.3 is 0 Å². The van der Waals surface area contributed by atoms with E-state index in [0.717, 1.165) is 24.3 Å². The third kappa shape index (κ3) is 5.10. The normalized spacial score (nSPS) is 18.4. The molecule has 0 unspecified atom stereocenters. The van der Waals surface area contributed by atoms with Gasteiger partial charge in [-0.1, -0.05) is 149 Å². The van der Waals surface area contributed by atoms with Crippen molar-refractivity contribution >= 4 is 57.4 Å². The summed E-state index contributed by atoms with van der Waals surface area (Å²) in [4.78, 5) is 5.23. The smallest absolute Gasteiger partial charge is 0.297 e. The van der Waals surface area contributed by atoms with Crippen molar-refractivity contribution < 1.29 is 4.42 Å². The van der Waals surface area contributed by atoms with Crippen molar-refractivity contribution in [3.8, 4) is 22.3 Å². The van der Waals surface area contributed by atoms with Crippen LogP contribution >= 0.6 is 0 Å². The fraction of sp³-hybridized carbons (Fsp3) is 0.322. The van der Waals surface area contributed by atoms with E-state index < -0.39 is 0 Å². The summed E-state index contributed by atoms with van der Waals surface area (Å²) in [6, 6.07) is 44.8. The number of fused-ring (bicyclic) bond motifs is 12. The lowest BCUT2D eigenvalue weighted by Gasteiger charge is -2.44. The van der Waals surface area contributed by atoms with E-state index in [2.05, 4.69) is 208 Å². The second-order valence-electron chi connectivity index (χ2n) is 22.9. The maximum Gasteiger partial charge on any atom is 0.297 e. The molecule has 0 saturated heterocycles. The van der Waals surface area contributed by atoms with E-state index in [9.17, 15) is 0 Å². The minimum absolute atomic E-state index is 0.0374. The summed E-state index contributed by atoms with van der Waals surface area (Å²) in [5.74, 6) is 1.16. The first-order valence-corrected chi connectivity index (χ1v) is 23.3. The Morgan fingerprint density at radius 3 is 1.65 bits per heavy atom. The monoisotopic (exact) mass is 822 g/mol. The second kappa shape index (κ2) is 12.3. The Morgan fingerprint density at radius 2 is 1.06 bits per heavy atom. The maximum atomic E-state index is 7.68. The average molecular weight is 823 g/mol. The van der Waals surface area contributed by atoms with Crippen molar-refractivity contribution in [3.05, 3.63) is 160 Å². The molecule has 6 aromatic carbocycles. The molecule has 314 valence electrons. The largest absolute Gasteiger partial charge is 0.472 e. The molecular weight excluding hydrogens is 763 g/mol. The van der Waals surface area contributed by atoms with Gasteiger partial charge in [-0.15, -0.1) is 0 Å². The van der Waals surface area contributed by atoms with Gasteiger partial charge in [-0.3, -0.25) is 0 Å². The van der Waals surface area contributed by atoms with Crippen LogP contribution in [0.3, 0.4) is 0 Å². The third-order valence-electron chi connectivity index (χ3n) is 16.2. The Morgan fingerprint density at radius 1 is 0.540 bits per heavy atom. The van der Waals surface area contributed by atoms with Gasteiger partial charge < -0.3 is 14.2 Å². The van der Waals surface area contributed by atoms with Gasteiger partial charge in [-0.05, 0) is 140 Å². The molecule has 2 aliphatic heterocycles. The van der Waals surface area contributed by atoms with Crippen LogP contribution in [-0.2, 0) is 27.1 Å². The highest BCUT2D eigenvalue weighted by atomic mass is 16.3. The van der Waals surface area contributed by atoms with Crippen molar-refractivity contribution in [1.82, 2.24) is 0 Å². The summed E-state index contributed by atoms with van der Waals surface area (Å²) in [6.07, 6.45) is 2.19. The molecular formula is C59H59BN2O. The number of hydrogen-bond donors (Lipinski definition) is 0. The van der Waals surface area contributed by atoms with E-state index in [0.29, 0.717) is 0 Å². The van der Waals surface area contributed by atoms with Crippen LogP contribution in [-0.4, -0.2) is 6.71 Å². The predicted octanol–water partition coefficient (Wildman–Crippen LogP) is 13.9. The molecule has 3 aliphatic carbocycles. The fourth-order valence-corrected chi connectivity index (χ4v) is 12.6. The second-order valence-corrected chi connectivity index (χ2v) is 22.9. The summed E-state index contributed by atoms with van der Waals surface area (Å²) in [5, 5.41) is 0. The molecule has 1 aromatic heterocycles. The SMILES string of the molecule is Cc1cc2c3c(c1)N(c1ccc4c(c1)C(C)(C)c1ccccc1-4)c1c(oc4c1C(C)(C)CCC4(C)C)B3c1cc(C(C)(C)C)ccc1N2c1ccc2c(c1)C(C)(C)c1ccccc1-2. The molecule has 0 spiro atoms. The van der Waals surface area contributed by atoms with E-state index in [1.807, 2.05) is 0 Å². The minimum atomic E-state index is -0.133. The number of anilines is 6. The van der Waals surface area contributed by atoms with Gasteiger partial charge in [0.1, 0.15) is 5.76 Å². The molecule has 3 nitrogen and oxygen atoms in total. The van der Waals surface area contributed by atoms with E-state index in [1.54, 1.807) is 0 Å². The molecule has 7 aromatic rings. The number of furan rings is 1. The minimum Gasteiger partial charge on any atom is -0.472 e. The lowest BCUT2D eigenvalue weighted by Crippen LogP contribution is -2.61. The molecule has 0 N–H and O–H groups in total. The fourth-order valence-electron chi connectivity index (χ4n) is 12.6. The highest BCUT2D eigenvalue weighted by Crippen LogP contribution is 2.57. The van der Waals surface area contributed by atoms with E-state index in [4.69, 9.17) is 4.42 Å². The first-order valence-electron chi connectivity index (χ1n) is 23.3. The molecule has 0 fully saturated rings. The summed E-state index contributed by atoms with van der Waals surface area (Å²) in [6.45, 7) is 28.5. The van der Waals surface area contributed by atoms with Gasteiger partial charge in [0.15, 0.2) is 0 Å². The Kier molecular flexibility index (Phi) is 7.59. The van der Waals surface area contributed by atoms with Gasteiger partial charge in [0, 0.05) is 50.2 Å². The molecule has 0 bridgehead atoms. The van der Waals surface area contributed by atoms with Crippen LogP contribution in [0.4, 0.5) is 34.1 Å². The van der Waals surface area contributed by atoms with Crippen LogP contribution in [0.5, 0.6) is 0 Å². The van der Waals surface area contributed by atoms with Crippen LogP contribution in [0, 0.1) is 6.92 Å². The van der Waals surface area contributed by atoms with Crippen LogP contribution in [0.15, 0.2) is 120 Å². The molecule has 3 heterocycles. The Bertz CT molecular complexity index is 3150. The van der Waals surface area contributed by atoms with Crippen molar-refractivity contribution in [2.75, 3.05) is 9.80 Å². The lowest BCUT2D eigenvalue weighted by molar-refractivity contribution is 0.282. The van der Waals surface area contributed by atoms with Crippen molar-refractivity contribution in [2.24, 2.45) is 0 Å². The summed E-state index contributed by atoms with van der Waals surface area (Å²) >= 11 is 0. The zero-order valence-electron chi connectivity index (χ0n) is 39.3. The van der Waals surface area contributed by atoms with Crippen molar-refractivity contribution in [2.45, 2.75) is 123 Å². The Labute approximate surface area is 375 Å². The average Bonchev–Trinajstić information content (AvgIpc) is 3.84. The molecule has 4 heteroatoms. The van der Waals surface area contributed by atoms with Gasteiger partial charge in [-0.2, -0.15) is 0 Å². The molecule has 0 radical (unpaired) electrons. The quantitative estimate of drug-likeness (QED) is 0.162. The highest BCUT2D eigenvalue weighted by molar-refractivity contribution is 6.99. The molecule has 63 heavy (non-hydrogen) atoms. The first kappa shape index (κ1) is 38.9. The van der Waals surface area contributed by atoms with Gasteiger partial charge in [0.25, 0.3) is 6.71 Å². The third-order valence-corrected chi connectivity index (χ3v) is 16.2. The lowest BCUT2D eigenvalue weighted by atomic mass is 9.35. The van der Waals surface area contributed by atoms with E-state index in [1.165, 1.54) is 106 Å². The maximum absolute atomic E-state index is 7.68. The number of nitrogens with zero attached hydrogens (tertiary/aromatic N) is 2. The number of benzene rings is 6. The zero-order chi connectivity index (χ0) is 43.9. The van der Waals surface area contributed by atoms with Crippen LogP contribution in [0.2, 0.25) is 0 Å². The van der Waals surface area contributed by atoms with E-state index in [-0.39, 0.29) is 33.8 Å². The highest BCUT2D eigenvalue weighted by Gasteiger charge is 2.53. The van der Waals surface area contributed by atoms with Crippen molar-refractivity contribution in [1.29, 1.82) is 0 Å². The van der Waals surface area contributed by atoms with Crippen LogP contribution in [0.25, 0.3) is 22.3 Å². The molecule has 5 aliphatic rings. The number of rotatable bonds is 2. The van der Waals surface area contributed by atoms with E-state index >= 15 is 0 Å². The van der Waals surface area contributed by atoms with Gasteiger partial charge in [-0.25, -0.2) is 0 Å². The Hall–Kier alpha value is -5.74. The van der Waals surface area contributed by atoms with Crippen LogP contribution < -0.4 is 26.4 Å².